The van der Waals surface area contributed by atoms with Crippen LogP contribution in [0.5, 0.6) is 0 Å². The van der Waals surface area contributed by atoms with Gasteiger partial charge < -0.3 is 15.7 Å². The molecular weight excluding hydrogens is 244 g/mol. The molecule has 5 nitrogen and oxygen atoms in total. The van der Waals surface area contributed by atoms with Crippen molar-refractivity contribution in [3.63, 3.8) is 0 Å². The molecule has 0 aliphatic carbocycles. The third kappa shape index (κ3) is 4.37. The quantitative estimate of drug-likeness (QED) is 0.548. The van der Waals surface area contributed by atoms with Gasteiger partial charge in [0.05, 0.1) is 0 Å². The Labute approximate surface area is 113 Å². The van der Waals surface area contributed by atoms with Crippen LogP contribution in [0.4, 0.5) is 5.69 Å². The zero-order valence-corrected chi connectivity index (χ0v) is 11.3. The van der Waals surface area contributed by atoms with Crippen LogP contribution in [0.3, 0.4) is 0 Å². The molecule has 5 heteroatoms. The lowest BCUT2D eigenvalue weighted by atomic mass is 10.1. The minimum absolute atomic E-state index is 0.0142. The van der Waals surface area contributed by atoms with E-state index in [-0.39, 0.29) is 13.2 Å². The smallest absolute Gasteiger partial charge is 0.313 e. The molecule has 104 valence electrons. The molecule has 0 fully saturated rings. The second-order valence-electron chi connectivity index (χ2n) is 4.25. The minimum atomic E-state index is -0.682. The summed E-state index contributed by atoms with van der Waals surface area (Å²) in [6.45, 7) is 4.15. The van der Waals surface area contributed by atoms with E-state index in [1.54, 1.807) is 0 Å². The molecule has 0 radical (unpaired) electrons. The molecule has 0 bridgehead atoms. The summed E-state index contributed by atoms with van der Waals surface area (Å²) >= 11 is 0. The first-order valence-corrected chi connectivity index (χ1v) is 6.38. The van der Waals surface area contributed by atoms with Crippen LogP contribution >= 0.6 is 0 Å². The van der Waals surface area contributed by atoms with E-state index in [9.17, 15) is 9.59 Å². The monoisotopic (exact) mass is 264 g/mol. The number of hydrogen-bond acceptors (Lipinski definition) is 3. The molecule has 0 aliphatic rings. The van der Waals surface area contributed by atoms with Crippen molar-refractivity contribution in [1.82, 2.24) is 5.32 Å². The number of para-hydroxylation sites is 1. The van der Waals surface area contributed by atoms with Crippen LogP contribution < -0.4 is 10.6 Å². The van der Waals surface area contributed by atoms with Crippen molar-refractivity contribution >= 4 is 17.5 Å². The molecule has 3 N–H and O–H groups in total. The number of aliphatic hydroxyl groups excluding tert-OH is 1. The first-order valence-electron chi connectivity index (χ1n) is 6.38. The van der Waals surface area contributed by atoms with E-state index < -0.39 is 11.8 Å². The highest BCUT2D eigenvalue weighted by atomic mass is 16.3. The van der Waals surface area contributed by atoms with Crippen molar-refractivity contribution < 1.29 is 14.7 Å². The van der Waals surface area contributed by atoms with Crippen molar-refractivity contribution in [2.45, 2.75) is 26.7 Å². The summed E-state index contributed by atoms with van der Waals surface area (Å²) in [6, 6.07) is 5.73. The predicted molar refractivity (Wildman–Crippen MR) is 73.9 cm³/mol. The molecule has 0 heterocycles. The fourth-order valence-electron chi connectivity index (χ4n) is 1.73. The number of benzene rings is 1. The average Bonchev–Trinajstić information content (AvgIpc) is 2.41. The van der Waals surface area contributed by atoms with Gasteiger partial charge in [-0.25, -0.2) is 0 Å². The van der Waals surface area contributed by atoms with Gasteiger partial charge >= 0.3 is 11.8 Å². The number of rotatable bonds is 5. The lowest BCUT2D eigenvalue weighted by Crippen LogP contribution is -2.36. The summed E-state index contributed by atoms with van der Waals surface area (Å²) in [4.78, 5) is 23.3. The Morgan fingerprint density at radius 3 is 2.63 bits per heavy atom. The van der Waals surface area contributed by atoms with Gasteiger partial charge in [0, 0.05) is 18.8 Å². The van der Waals surface area contributed by atoms with Crippen LogP contribution in [0.25, 0.3) is 0 Å². The van der Waals surface area contributed by atoms with Gasteiger partial charge in [0.25, 0.3) is 0 Å². The summed E-state index contributed by atoms with van der Waals surface area (Å²) in [5.74, 6) is -1.36. The molecule has 0 atom stereocenters. The van der Waals surface area contributed by atoms with Crippen LogP contribution in [0.2, 0.25) is 0 Å². The lowest BCUT2D eigenvalue weighted by molar-refractivity contribution is -0.136. The fourth-order valence-corrected chi connectivity index (χ4v) is 1.73. The highest BCUT2D eigenvalue weighted by Crippen LogP contribution is 2.20. The van der Waals surface area contributed by atoms with Gasteiger partial charge in [0.2, 0.25) is 0 Å². The second kappa shape index (κ2) is 7.53. The van der Waals surface area contributed by atoms with E-state index in [4.69, 9.17) is 5.11 Å². The van der Waals surface area contributed by atoms with Crippen molar-refractivity contribution in [2.24, 2.45) is 0 Å². The Balaban J connectivity index is 2.69. The highest BCUT2D eigenvalue weighted by Gasteiger charge is 2.15. The Hall–Kier alpha value is -1.88. The van der Waals surface area contributed by atoms with Crippen molar-refractivity contribution in [3.05, 3.63) is 29.3 Å². The summed E-state index contributed by atoms with van der Waals surface area (Å²) in [5, 5.41) is 13.7. The molecule has 2 amide bonds. The number of hydrogen-bond donors (Lipinski definition) is 3. The van der Waals surface area contributed by atoms with E-state index >= 15 is 0 Å². The topological polar surface area (TPSA) is 78.4 Å². The normalized spacial score (nSPS) is 10.1. The first-order chi connectivity index (χ1) is 9.10. The third-order valence-corrected chi connectivity index (χ3v) is 2.81. The molecule has 19 heavy (non-hydrogen) atoms. The van der Waals surface area contributed by atoms with Crippen LogP contribution in [0.1, 0.15) is 24.5 Å². The van der Waals surface area contributed by atoms with E-state index in [1.165, 1.54) is 0 Å². The predicted octanol–water partition coefficient (Wildman–Crippen LogP) is 0.995. The van der Waals surface area contributed by atoms with Gasteiger partial charge in [-0.3, -0.25) is 9.59 Å². The van der Waals surface area contributed by atoms with Crippen LogP contribution in [-0.2, 0) is 16.0 Å². The Bertz CT molecular complexity index is 458. The third-order valence-electron chi connectivity index (χ3n) is 2.81. The molecule has 0 spiro atoms. The van der Waals surface area contributed by atoms with Crippen molar-refractivity contribution in [3.8, 4) is 0 Å². The van der Waals surface area contributed by atoms with Gasteiger partial charge in [-0.1, -0.05) is 25.1 Å². The number of amides is 2. The number of aryl methyl sites for hydroxylation is 2. The molecule has 0 saturated heterocycles. The van der Waals surface area contributed by atoms with Gasteiger partial charge in [-0.15, -0.1) is 0 Å². The summed E-state index contributed by atoms with van der Waals surface area (Å²) in [6.07, 6.45) is 1.22. The fraction of sp³-hybridized carbons (Fsp3) is 0.429. The van der Waals surface area contributed by atoms with Crippen molar-refractivity contribution in [1.29, 1.82) is 0 Å². The number of carbonyl (C=O) groups is 2. The van der Waals surface area contributed by atoms with E-state index in [1.807, 2.05) is 32.0 Å². The molecular formula is C14H20N2O3. The molecule has 0 saturated carbocycles. The first kappa shape index (κ1) is 15.2. The molecule has 1 aromatic carbocycles. The van der Waals surface area contributed by atoms with Crippen LogP contribution in [0.15, 0.2) is 18.2 Å². The Kier molecular flexibility index (Phi) is 6.02. The maximum absolute atomic E-state index is 11.7. The average molecular weight is 264 g/mol. The summed E-state index contributed by atoms with van der Waals surface area (Å²) in [5.41, 5.74) is 2.62. The van der Waals surface area contributed by atoms with Crippen LogP contribution in [0, 0.1) is 6.92 Å². The largest absolute Gasteiger partial charge is 0.396 e. The maximum Gasteiger partial charge on any atom is 0.313 e. The van der Waals surface area contributed by atoms with E-state index in [0.29, 0.717) is 12.1 Å². The lowest BCUT2D eigenvalue weighted by Gasteiger charge is -2.12. The van der Waals surface area contributed by atoms with Gasteiger partial charge in [0.1, 0.15) is 0 Å². The summed E-state index contributed by atoms with van der Waals surface area (Å²) in [7, 11) is 0. The zero-order valence-electron chi connectivity index (χ0n) is 11.3. The zero-order chi connectivity index (χ0) is 14.3. The van der Waals surface area contributed by atoms with E-state index in [2.05, 4.69) is 10.6 Å². The molecule has 0 aromatic heterocycles. The molecule has 1 aromatic rings. The number of aliphatic hydroxyl groups is 1. The number of nitrogens with one attached hydrogen (secondary N) is 2. The minimum Gasteiger partial charge on any atom is -0.396 e. The van der Waals surface area contributed by atoms with Gasteiger partial charge in [-0.2, -0.15) is 0 Å². The Morgan fingerprint density at radius 1 is 1.26 bits per heavy atom. The second-order valence-corrected chi connectivity index (χ2v) is 4.25. The SMILES string of the molecule is CCc1cccc(C)c1NC(=O)C(=O)NCCCO. The molecule has 0 aliphatic heterocycles. The molecule has 1 rings (SSSR count). The number of anilines is 1. The Morgan fingerprint density at radius 2 is 2.00 bits per heavy atom. The van der Waals surface area contributed by atoms with E-state index in [0.717, 1.165) is 17.5 Å². The molecule has 0 unspecified atom stereocenters. The van der Waals surface area contributed by atoms with Crippen molar-refractivity contribution in [2.75, 3.05) is 18.5 Å². The van der Waals surface area contributed by atoms with Gasteiger partial charge in [0.15, 0.2) is 0 Å². The van der Waals surface area contributed by atoms with Gasteiger partial charge in [-0.05, 0) is 30.9 Å². The number of carbonyl (C=O) groups excluding carboxylic acids is 2. The standard InChI is InChI=1S/C14H20N2O3/c1-3-11-7-4-6-10(2)12(11)16-14(19)13(18)15-8-5-9-17/h4,6-7,17H,3,5,8-9H2,1-2H3,(H,15,18)(H,16,19). The highest BCUT2D eigenvalue weighted by molar-refractivity contribution is 6.39. The van der Waals surface area contributed by atoms with Crippen LogP contribution in [-0.4, -0.2) is 30.1 Å². The summed E-state index contributed by atoms with van der Waals surface area (Å²) < 4.78 is 0. The maximum atomic E-state index is 11.7.